The van der Waals surface area contributed by atoms with Gasteiger partial charge in [0, 0.05) is 19.5 Å². The van der Waals surface area contributed by atoms with Gasteiger partial charge < -0.3 is 21.1 Å². The van der Waals surface area contributed by atoms with Crippen LogP contribution in [0.4, 0.5) is 15.3 Å². The van der Waals surface area contributed by atoms with Gasteiger partial charge in [0.2, 0.25) is 0 Å². The van der Waals surface area contributed by atoms with E-state index in [0.29, 0.717) is 24.9 Å². The Labute approximate surface area is 162 Å². The molecule has 9 heteroatoms. The molecule has 0 bridgehead atoms. The monoisotopic (exact) mass is 388 g/mol. The normalized spacial score (nSPS) is 17.6. The Morgan fingerprint density at radius 1 is 1.18 bits per heavy atom. The predicted octanol–water partition coefficient (Wildman–Crippen LogP) is 1.72. The minimum atomic E-state index is -0.904. The maximum Gasteiger partial charge on any atom is 0.329 e. The summed E-state index contributed by atoms with van der Waals surface area (Å²) < 4.78 is 0. The standard InChI is InChI=1S/C19H24N4O5/c24-15(25)7-4-10-20-17(27)21-12-13-5-3-6-14(11-13)23-16(26)19(22-18(23)28)8-1-2-9-19/h3,5-6,11H,1-2,4,7-10,12H2,(H,22,28)(H,24,25)(H2,20,21,27). The number of carbonyl (C=O) groups excluding carboxylic acids is 3. The van der Waals surface area contributed by atoms with Crippen LogP contribution in [0.2, 0.25) is 0 Å². The fourth-order valence-corrected chi connectivity index (χ4v) is 3.66. The highest BCUT2D eigenvalue weighted by Gasteiger charge is 2.52. The van der Waals surface area contributed by atoms with E-state index in [1.807, 2.05) is 0 Å². The SMILES string of the molecule is O=C(O)CCCNC(=O)NCc1cccc(N2C(=O)NC3(CCCC3)C2=O)c1. The van der Waals surface area contributed by atoms with E-state index in [1.54, 1.807) is 24.3 Å². The first-order chi connectivity index (χ1) is 13.4. The Hall–Kier alpha value is -3.10. The molecule has 1 spiro atoms. The minimum absolute atomic E-state index is 0.00422. The van der Waals surface area contributed by atoms with Crippen molar-refractivity contribution in [2.24, 2.45) is 0 Å². The van der Waals surface area contributed by atoms with Crippen molar-refractivity contribution in [1.29, 1.82) is 0 Å². The van der Waals surface area contributed by atoms with Gasteiger partial charge in [0.15, 0.2) is 0 Å². The van der Waals surface area contributed by atoms with Crippen LogP contribution in [0.25, 0.3) is 0 Å². The zero-order valence-electron chi connectivity index (χ0n) is 15.5. The van der Waals surface area contributed by atoms with Crippen LogP contribution in [0.1, 0.15) is 44.1 Å². The molecule has 150 valence electrons. The maximum atomic E-state index is 12.8. The molecular formula is C19H24N4O5. The Morgan fingerprint density at radius 2 is 1.93 bits per heavy atom. The lowest BCUT2D eigenvalue weighted by atomic mass is 9.98. The van der Waals surface area contributed by atoms with Crippen LogP contribution in [0.3, 0.4) is 0 Å². The van der Waals surface area contributed by atoms with Gasteiger partial charge in [-0.05, 0) is 37.0 Å². The van der Waals surface area contributed by atoms with Gasteiger partial charge in [0.05, 0.1) is 5.69 Å². The van der Waals surface area contributed by atoms with E-state index >= 15 is 0 Å². The van der Waals surface area contributed by atoms with E-state index in [-0.39, 0.29) is 25.4 Å². The van der Waals surface area contributed by atoms with Crippen molar-refractivity contribution in [3.8, 4) is 0 Å². The third kappa shape index (κ3) is 4.24. The minimum Gasteiger partial charge on any atom is -0.481 e. The van der Waals surface area contributed by atoms with Gasteiger partial charge in [0.1, 0.15) is 5.54 Å². The molecule has 2 aliphatic rings. The molecule has 9 nitrogen and oxygen atoms in total. The second-order valence-corrected chi connectivity index (χ2v) is 7.14. The smallest absolute Gasteiger partial charge is 0.329 e. The highest BCUT2D eigenvalue weighted by Crippen LogP contribution is 2.37. The molecule has 1 aromatic rings. The van der Waals surface area contributed by atoms with Crippen LogP contribution < -0.4 is 20.9 Å². The van der Waals surface area contributed by atoms with Crippen LogP contribution in [0.5, 0.6) is 0 Å². The van der Waals surface area contributed by atoms with Crippen molar-refractivity contribution in [3.63, 3.8) is 0 Å². The first-order valence-corrected chi connectivity index (χ1v) is 9.40. The number of carboxylic acids is 1. The molecule has 0 atom stereocenters. The molecule has 1 heterocycles. The summed E-state index contributed by atoms with van der Waals surface area (Å²) in [7, 11) is 0. The second kappa shape index (κ2) is 8.28. The van der Waals surface area contributed by atoms with E-state index in [0.717, 1.165) is 18.4 Å². The quantitative estimate of drug-likeness (QED) is 0.418. The number of anilines is 1. The number of rotatable bonds is 7. The lowest BCUT2D eigenvalue weighted by molar-refractivity contribution is -0.137. The number of hydrogen-bond acceptors (Lipinski definition) is 4. The molecule has 5 amide bonds. The van der Waals surface area contributed by atoms with Crippen molar-refractivity contribution in [2.75, 3.05) is 11.4 Å². The second-order valence-electron chi connectivity index (χ2n) is 7.14. The molecule has 4 N–H and O–H groups in total. The zero-order chi connectivity index (χ0) is 20.1. The summed E-state index contributed by atoms with van der Waals surface area (Å²) in [6.45, 7) is 0.482. The highest BCUT2D eigenvalue weighted by molar-refractivity contribution is 6.23. The number of benzene rings is 1. The summed E-state index contributed by atoms with van der Waals surface area (Å²) in [6, 6.07) is 6.11. The molecule has 0 radical (unpaired) electrons. The van der Waals surface area contributed by atoms with Gasteiger partial charge >= 0.3 is 18.0 Å². The topological polar surface area (TPSA) is 128 Å². The average Bonchev–Trinajstić information content (AvgIpc) is 3.22. The average molecular weight is 388 g/mol. The molecule has 1 aliphatic heterocycles. The Morgan fingerprint density at radius 3 is 2.64 bits per heavy atom. The lowest BCUT2D eigenvalue weighted by Crippen LogP contribution is -2.44. The third-order valence-corrected chi connectivity index (χ3v) is 5.09. The fourth-order valence-electron chi connectivity index (χ4n) is 3.66. The van der Waals surface area contributed by atoms with Gasteiger partial charge in [-0.1, -0.05) is 25.0 Å². The van der Waals surface area contributed by atoms with Crippen LogP contribution >= 0.6 is 0 Å². The highest BCUT2D eigenvalue weighted by atomic mass is 16.4. The Bertz CT molecular complexity index is 788. The lowest BCUT2D eigenvalue weighted by Gasteiger charge is -2.20. The van der Waals surface area contributed by atoms with Gasteiger partial charge in [0.25, 0.3) is 5.91 Å². The van der Waals surface area contributed by atoms with Gasteiger partial charge in [-0.15, -0.1) is 0 Å². The summed E-state index contributed by atoms with van der Waals surface area (Å²) in [5.41, 5.74) is 0.458. The number of nitrogens with zero attached hydrogens (tertiary/aromatic N) is 1. The molecule has 2 fully saturated rings. The van der Waals surface area contributed by atoms with Gasteiger partial charge in [-0.25, -0.2) is 14.5 Å². The number of imide groups is 1. The van der Waals surface area contributed by atoms with E-state index in [9.17, 15) is 19.2 Å². The first-order valence-electron chi connectivity index (χ1n) is 9.40. The largest absolute Gasteiger partial charge is 0.481 e. The molecule has 1 aliphatic carbocycles. The number of urea groups is 2. The molecule has 0 unspecified atom stereocenters. The molecule has 1 aromatic carbocycles. The predicted molar refractivity (Wildman–Crippen MR) is 101 cm³/mol. The van der Waals surface area contributed by atoms with Crippen LogP contribution in [-0.2, 0) is 16.1 Å². The Balaban J connectivity index is 1.57. The van der Waals surface area contributed by atoms with E-state index in [2.05, 4.69) is 16.0 Å². The van der Waals surface area contributed by atoms with Crippen LogP contribution in [0, 0.1) is 0 Å². The Kier molecular flexibility index (Phi) is 5.81. The number of carbonyl (C=O) groups is 4. The molecule has 1 saturated heterocycles. The molecule has 3 rings (SSSR count). The number of nitrogens with one attached hydrogen (secondary N) is 3. The van der Waals surface area contributed by atoms with Crippen LogP contribution in [-0.4, -0.2) is 41.1 Å². The fraction of sp³-hybridized carbons (Fsp3) is 0.474. The number of hydrogen-bond donors (Lipinski definition) is 4. The molecule has 28 heavy (non-hydrogen) atoms. The summed E-state index contributed by atoms with van der Waals surface area (Å²) in [5.74, 6) is -1.12. The zero-order valence-corrected chi connectivity index (χ0v) is 15.5. The van der Waals surface area contributed by atoms with Crippen molar-refractivity contribution < 1.29 is 24.3 Å². The molecule has 1 saturated carbocycles. The van der Waals surface area contributed by atoms with E-state index < -0.39 is 23.6 Å². The van der Waals surface area contributed by atoms with Crippen molar-refractivity contribution in [2.45, 2.75) is 50.6 Å². The number of amides is 5. The third-order valence-electron chi connectivity index (χ3n) is 5.09. The molecular weight excluding hydrogens is 364 g/mol. The molecule has 0 aromatic heterocycles. The first kappa shape index (κ1) is 19.7. The number of aliphatic carboxylic acids is 1. The van der Waals surface area contributed by atoms with Gasteiger partial charge in [-0.2, -0.15) is 0 Å². The number of carboxylic acid groups (broad SMARTS) is 1. The van der Waals surface area contributed by atoms with Crippen molar-refractivity contribution >= 4 is 29.6 Å². The summed E-state index contributed by atoms with van der Waals surface area (Å²) in [4.78, 5) is 48.6. The maximum absolute atomic E-state index is 12.8. The van der Waals surface area contributed by atoms with Crippen molar-refractivity contribution in [1.82, 2.24) is 16.0 Å². The summed E-state index contributed by atoms with van der Waals surface area (Å²) in [5, 5.41) is 16.7. The summed E-state index contributed by atoms with van der Waals surface area (Å²) >= 11 is 0. The summed E-state index contributed by atoms with van der Waals surface area (Å²) in [6.07, 6.45) is 3.52. The van der Waals surface area contributed by atoms with Gasteiger partial charge in [-0.3, -0.25) is 9.59 Å². The van der Waals surface area contributed by atoms with E-state index in [4.69, 9.17) is 5.11 Å². The van der Waals surface area contributed by atoms with E-state index in [1.165, 1.54) is 4.90 Å². The van der Waals surface area contributed by atoms with Crippen LogP contribution in [0.15, 0.2) is 24.3 Å². The van der Waals surface area contributed by atoms with Crippen molar-refractivity contribution in [3.05, 3.63) is 29.8 Å².